The van der Waals surface area contributed by atoms with Crippen molar-refractivity contribution in [3.8, 4) is 0 Å². The number of aromatic nitrogens is 2. The van der Waals surface area contributed by atoms with Crippen LogP contribution in [-0.2, 0) is 26.2 Å². The number of alkyl halides is 3. The number of halogens is 3. The first-order valence-electron chi connectivity index (χ1n) is 10.5. The number of nitrogens with zero attached hydrogens (tertiary/aromatic N) is 4. The normalized spacial score (nSPS) is 18.5. The molecular formula is C22H27F3N4O. The van der Waals surface area contributed by atoms with Crippen LogP contribution in [0, 0.1) is 0 Å². The maximum absolute atomic E-state index is 13.4. The molecule has 0 atom stereocenters. The molecule has 1 aromatic carbocycles. The van der Waals surface area contributed by atoms with E-state index >= 15 is 0 Å². The van der Waals surface area contributed by atoms with Gasteiger partial charge >= 0.3 is 6.18 Å². The molecule has 0 radical (unpaired) electrons. The molecule has 2 aromatic rings. The van der Waals surface area contributed by atoms with Gasteiger partial charge in [0.05, 0.1) is 5.56 Å². The van der Waals surface area contributed by atoms with Gasteiger partial charge in [0, 0.05) is 50.9 Å². The van der Waals surface area contributed by atoms with Crippen molar-refractivity contribution in [2.45, 2.75) is 44.8 Å². The summed E-state index contributed by atoms with van der Waals surface area (Å²) in [6.45, 7) is 5.59. The number of fused-ring (bicyclic) bond motifs is 1. The SMILES string of the molecule is CCN1CCc2c(c(C(=O)N3CCC(c4ccccc4C(F)(F)F)CC3)nn2C)C1. The number of aryl methyl sites for hydroxylation is 1. The molecule has 2 aliphatic rings. The van der Waals surface area contributed by atoms with Gasteiger partial charge in [0.1, 0.15) is 0 Å². The Kier molecular flexibility index (Phi) is 5.61. The minimum absolute atomic E-state index is 0.104. The lowest BCUT2D eigenvalue weighted by Crippen LogP contribution is -2.39. The lowest BCUT2D eigenvalue weighted by atomic mass is 9.86. The predicted octanol–water partition coefficient (Wildman–Crippen LogP) is 3.84. The number of benzene rings is 1. The fraction of sp³-hybridized carbons (Fsp3) is 0.545. The van der Waals surface area contributed by atoms with E-state index in [0.29, 0.717) is 37.2 Å². The zero-order valence-corrected chi connectivity index (χ0v) is 17.4. The second kappa shape index (κ2) is 8.06. The molecular weight excluding hydrogens is 393 g/mol. The minimum Gasteiger partial charge on any atom is -0.337 e. The standard InChI is InChI=1S/C22H27F3N4O/c1-3-28-11-10-19-17(14-28)20(26-27(19)2)21(30)29-12-8-15(9-13-29)16-6-4-5-7-18(16)22(23,24)25/h4-7,15H,3,8-14H2,1-2H3. The van der Waals surface area contributed by atoms with Gasteiger partial charge in [0.2, 0.25) is 0 Å². The summed E-state index contributed by atoms with van der Waals surface area (Å²) in [4.78, 5) is 17.2. The number of carbonyl (C=O) groups excluding carboxylic acids is 1. The van der Waals surface area contributed by atoms with Gasteiger partial charge in [0.15, 0.2) is 5.69 Å². The first-order chi connectivity index (χ1) is 14.3. The molecule has 0 N–H and O–H groups in total. The topological polar surface area (TPSA) is 41.4 Å². The van der Waals surface area contributed by atoms with E-state index in [1.165, 1.54) is 6.07 Å². The zero-order chi connectivity index (χ0) is 21.5. The third kappa shape index (κ3) is 3.85. The van der Waals surface area contributed by atoms with Crippen molar-refractivity contribution in [1.29, 1.82) is 0 Å². The number of carbonyl (C=O) groups is 1. The van der Waals surface area contributed by atoms with Gasteiger partial charge in [-0.25, -0.2) is 0 Å². The van der Waals surface area contributed by atoms with Crippen molar-refractivity contribution < 1.29 is 18.0 Å². The molecule has 4 rings (SSSR count). The lowest BCUT2D eigenvalue weighted by Gasteiger charge is -2.33. The number of likely N-dealkylation sites (tertiary alicyclic amines) is 1. The predicted molar refractivity (Wildman–Crippen MR) is 107 cm³/mol. The zero-order valence-electron chi connectivity index (χ0n) is 17.4. The van der Waals surface area contributed by atoms with E-state index in [9.17, 15) is 18.0 Å². The second-order valence-corrected chi connectivity index (χ2v) is 8.17. The Hall–Kier alpha value is -2.35. The molecule has 1 aromatic heterocycles. The molecule has 2 aliphatic heterocycles. The van der Waals surface area contributed by atoms with Crippen LogP contribution >= 0.6 is 0 Å². The van der Waals surface area contributed by atoms with Gasteiger partial charge in [-0.3, -0.25) is 14.4 Å². The quantitative estimate of drug-likeness (QED) is 0.758. The molecule has 0 unspecified atom stereocenters. The minimum atomic E-state index is -4.36. The monoisotopic (exact) mass is 420 g/mol. The van der Waals surface area contributed by atoms with E-state index in [1.807, 2.05) is 11.7 Å². The number of amides is 1. The highest BCUT2D eigenvalue weighted by Gasteiger charge is 2.37. The van der Waals surface area contributed by atoms with Crippen molar-refractivity contribution in [2.75, 3.05) is 26.2 Å². The van der Waals surface area contributed by atoms with Gasteiger partial charge < -0.3 is 4.90 Å². The summed E-state index contributed by atoms with van der Waals surface area (Å²) in [5.41, 5.74) is 2.39. The molecule has 5 nitrogen and oxygen atoms in total. The number of rotatable bonds is 3. The summed E-state index contributed by atoms with van der Waals surface area (Å²) in [5.74, 6) is -0.299. The van der Waals surface area contributed by atoms with E-state index in [1.54, 1.807) is 17.0 Å². The molecule has 3 heterocycles. The van der Waals surface area contributed by atoms with E-state index < -0.39 is 11.7 Å². The van der Waals surface area contributed by atoms with Crippen molar-refractivity contribution >= 4 is 5.91 Å². The van der Waals surface area contributed by atoms with Crippen molar-refractivity contribution in [3.05, 3.63) is 52.3 Å². The van der Waals surface area contributed by atoms with Crippen LogP contribution in [-0.4, -0.2) is 51.7 Å². The Bertz CT molecular complexity index is 929. The molecule has 8 heteroatoms. The van der Waals surface area contributed by atoms with Crippen molar-refractivity contribution in [3.63, 3.8) is 0 Å². The maximum atomic E-state index is 13.4. The Morgan fingerprint density at radius 3 is 2.53 bits per heavy atom. The van der Waals surface area contributed by atoms with Crippen LogP contribution in [0.25, 0.3) is 0 Å². The highest BCUT2D eigenvalue weighted by Crippen LogP contribution is 2.39. The summed E-state index contributed by atoms with van der Waals surface area (Å²) in [7, 11) is 1.87. The van der Waals surface area contributed by atoms with Gasteiger partial charge in [-0.05, 0) is 36.9 Å². The molecule has 1 saturated heterocycles. The highest BCUT2D eigenvalue weighted by molar-refractivity contribution is 5.94. The Morgan fingerprint density at radius 2 is 1.87 bits per heavy atom. The molecule has 1 amide bonds. The first-order valence-corrected chi connectivity index (χ1v) is 10.5. The van der Waals surface area contributed by atoms with Crippen LogP contribution in [0.2, 0.25) is 0 Å². The lowest BCUT2D eigenvalue weighted by molar-refractivity contribution is -0.138. The summed E-state index contributed by atoms with van der Waals surface area (Å²) in [6, 6.07) is 5.79. The number of piperidine rings is 1. The largest absolute Gasteiger partial charge is 0.416 e. The fourth-order valence-electron chi connectivity index (χ4n) is 4.74. The molecule has 162 valence electrons. The fourth-order valence-corrected chi connectivity index (χ4v) is 4.74. The van der Waals surface area contributed by atoms with Crippen LogP contribution in [0.1, 0.15) is 58.6 Å². The third-order valence-electron chi connectivity index (χ3n) is 6.46. The molecule has 0 aliphatic carbocycles. The molecule has 1 fully saturated rings. The number of hydrogen-bond acceptors (Lipinski definition) is 3. The summed E-state index contributed by atoms with van der Waals surface area (Å²) >= 11 is 0. The molecule has 0 spiro atoms. The van der Waals surface area contributed by atoms with Crippen molar-refractivity contribution in [1.82, 2.24) is 19.6 Å². The Labute approximate surface area is 174 Å². The van der Waals surface area contributed by atoms with Crippen molar-refractivity contribution in [2.24, 2.45) is 7.05 Å². The van der Waals surface area contributed by atoms with Crippen LogP contribution in [0.3, 0.4) is 0 Å². The highest BCUT2D eigenvalue weighted by atomic mass is 19.4. The maximum Gasteiger partial charge on any atom is 0.416 e. The van der Waals surface area contributed by atoms with Gasteiger partial charge in [-0.15, -0.1) is 0 Å². The van der Waals surface area contributed by atoms with Crippen LogP contribution in [0.5, 0.6) is 0 Å². The number of likely N-dealkylation sites (N-methyl/N-ethyl adjacent to an activating group) is 1. The summed E-state index contributed by atoms with van der Waals surface area (Å²) < 4.78 is 41.9. The van der Waals surface area contributed by atoms with Crippen LogP contribution in [0.4, 0.5) is 13.2 Å². The van der Waals surface area contributed by atoms with Gasteiger partial charge in [-0.2, -0.15) is 18.3 Å². The van der Waals surface area contributed by atoms with Gasteiger partial charge in [0.25, 0.3) is 5.91 Å². The summed E-state index contributed by atoms with van der Waals surface area (Å²) in [5, 5.41) is 4.51. The second-order valence-electron chi connectivity index (χ2n) is 8.17. The van der Waals surface area contributed by atoms with E-state index in [2.05, 4.69) is 16.9 Å². The Morgan fingerprint density at radius 1 is 1.17 bits per heavy atom. The first kappa shape index (κ1) is 20.9. The van der Waals surface area contributed by atoms with E-state index in [-0.39, 0.29) is 11.8 Å². The molecule has 0 bridgehead atoms. The van der Waals surface area contributed by atoms with Crippen LogP contribution in [0.15, 0.2) is 24.3 Å². The smallest absolute Gasteiger partial charge is 0.337 e. The van der Waals surface area contributed by atoms with E-state index in [4.69, 9.17) is 0 Å². The molecule has 30 heavy (non-hydrogen) atoms. The average Bonchev–Trinajstić information content (AvgIpc) is 3.08. The van der Waals surface area contributed by atoms with Crippen LogP contribution < -0.4 is 0 Å². The third-order valence-corrected chi connectivity index (χ3v) is 6.46. The summed E-state index contributed by atoms with van der Waals surface area (Å²) in [6.07, 6.45) is -2.44. The molecule has 0 saturated carbocycles. The number of hydrogen-bond donors (Lipinski definition) is 0. The average molecular weight is 420 g/mol. The van der Waals surface area contributed by atoms with E-state index in [0.717, 1.165) is 43.4 Å². The Balaban J connectivity index is 1.49. The van der Waals surface area contributed by atoms with Gasteiger partial charge in [-0.1, -0.05) is 25.1 Å².